The number of rotatable bonds is 4. The van der Waals surface area contributed by atoms with Crippen molar-refractivity contribution in [2.24, 2.45) is 28.3 Å². The first kappa shape index (κ1) is 17.1. The molecule has 6 heteroatoms. The minimum absolute atomic E-state index is 0.0864. The number of methoxy groups -OCH3 is 1. The molecule has 0 aromatic heterocycles. The molecule has 0 radical (unpaired) electrons. The van der Waals surface area contributed by atoms with Crippen molar-refractivity contribution in [3.63, 3.8) is 0 Å². The Balaban J connectivity index is 1.46. The molecule has 0 aliphatic heterocycles. The van der Waals surface area contributed by atoms with Gasteiger partial charge >= 0.3 is 0 Å². The van der Waals surface area contributed by atoms with E-state index < -0.39 is 0 Å². The summed E-state index contributed by atoms with van der Waals surface area (Å²) in [5, 5.41) is 14.1. The number of amides is 1. The number of phenolic OH excluding ortho intramolecular Hbond substituents is 1. The highest BCUT2D eigenvalue weighted by Gasteiger charge is 2.54. The summed E-state index contributed by atoms with van der Waals surface area (Å²) in [5.41, 5.74) is 3.38. The molecule has 0 saturated heterocycles. The Morgan fingerprint density at radius 3 is 2.44 bits per heavy atom. The van der Waals surface area contributed by atoms with Crippen LogP contribution >= 0.6 is 22.6 Å². The molecular weight excluding hydrogens is 431 g/mol. The molecule has 4 saturated carbocycles. The van der Waals surface area contributed by atoms with E-state index in [1.165, 1.54) is 26.4 Å². The number of aromatic hydroxyl groups is 1. The summed E-state index contributed by atoms with van der Waals surface area (Å²) in [6.45, 7) is 0. The number of carbonyl (C=O) groups excluding carboxylic acids is 1. The first-order chi connectivity index (χ1) is 12.0. The third-order valence-electron chi connectivity index (χ3n) is 6.17. The average Bonchev–Trinajstić information content (AvgIpc) is 2.56. The zero-order valence-electron chi connectivity index (χ0n) is 14.3. The molecule has 0 spiro atoms. The van der Waals surface area contributed by atoms with E-state index in [1.807, 2.05) is 22.6 Å². The smallest absolute Gasteiger partial charge is 0.246 e. The van der Waals surface area contributed by atoms with Gasteiger partial charge in [-0.25, -0.2) is 5.43 Å². The molecule has 0 unspecified atom stereocenters. The van der Waals surface area contributed by atoms with E-state index in [-0.39, 0.29) is 17.1 Å². The third-order valence-corrected chi connectivity index (χ3v) is 6.99. The quantitative estimate of drug-likeness (QED) is 0.415. The molecule has 4 aliphatic rings. The van der Waals surface area contributed by atoms with Crippen molar-refractivity contribution < 1.29 is 14.6 Å². The number of phenols is 1. The molecule has 1 aromatic carbocycles. The minimum Gasteiger partial charge on any atom is -0.504 e. The Labute approximate surface area is 161 Å². The molecule has 4 bridgehead atoms. The van der Waals surface area contributed by atoms with Gasteiger partial charge in [-0.05, 0) is 96.6 Å². The molecule has 4 aliphatic carbocycles. The second-order valence-electron chi connectivity index (χ2n) is 7.95. The monoisotopic (exact) mass is 454 g/mol. The first-order valence-electron chi connectivity index (χ1n) is 8.89. The molecule has 4 fully saturated rings. The van der Waals surface area contributed by atoms with E-state index in [2.05, 4.69) is 10.5 Å². The maximum Gasteiger partial charge on any atom is 0.246 e. The molecule has 0 atom stereocenters. The van der Waals surface area contributed by atoms with Crippen molar-refractivity contribution in [3.8, 4) is 11.5 Å². The Morgan fingerprint density at radius 1 is 1.28 bits per heavy atom. The molecule has 2 N–H and O–H groups in total. The number of carbonyl (C=O) groups is 1. The Kier molecular flexibility index (Phi) is 4.42. The van der Waals surface area contributed by atoms with Crippen LogP contribution in [0.5, 0.6) is 11.5 Å². The minimum atomic E-state index is -0.187. The van der Waals surface area contributed by atoms with Gasteiger partial charge in [0.1, 0.15) is 0 Å². The van der Waals surface area contributed by atoms with Gasteiger partial charge in [0, 0.05) is 0 Å². The fourth-order valence-corrected chi connectivity index (χ4v) is 6.12. The first-order valence-corrected chi connectivity index (χ1v) is 9.97. The van der Waals surface area contributed by atoms with Gasteiger partial charge in [-0.3, -0.25) is 4.79 Å². The fraction of sp³-hybridized carbons (Fsp3) is 0.579. The van der Waals surface area contributed by atoms with Crippen LogP contribution in [0.3, 0.4) is 0 Å². The molecule has 5 rings (SSSR count). The second-order valence-corrected chi connectivity index (χ2v) is 9.11. The molecule has 25 heavy (non-hydrogen) atoms. The number of nitrogens with zero attached hydrogens (tertiary/aromatic N) is 1. The van der Waals surface area contributed by atoms with Crippen molar-refractivity contribution in [1.82, 2.24) is 5.43 Å². The molecule has 1 amide bonds. The lowest BCUT2D eigenvalue weighted by Gasteiger charge is -2.55. The third kappa shape index (κ3) is 3.13. The van der Waals surface area contributed by atoms with Gasteiger partial charge in [-0.2, -0.15) is 5.10 Å². The number of halogens is 1. The average molecular weight is 454 g/mol. The number of hydrazone groups is 1. The highest BCUT2D eigenvalue weighted by Crippen LogP contribution is 2.60. The second kappa shape index (κ2) is 6.45. The van der Waals surface area contributed by atoms with E-state index in [0.29, 0.717) is 9.32 Å². The molecular formula is C19H23IN2O3. The maximum absolute atomic E-state index is 12.8. The summed E-state index contributed by atoms with van der Waals surface area (Å²) in [5.74, 6) is 2.83. The van der Waals surface area contributed by atoms with E-state index in [0.717, 1.165) is 42.6 Å². The summed E-state index contributed by atoms with van der Waals surface area (Å²) in [7, 11) is 1.51. The van der Waals surface area contributed by atoms with Crippen molar-refractivity contribution in [2.75, 3.05) is 7.11 Å². The fourth-order valence-electron chi connectivity index (χ4n) is 5.50. The maximum atomic E-state index is 12.8. The molecule has 0 heterocycles. The van der Waals surface area contributed by atoms with Gasteiger partial charge in [0.2, 0.25) is 5.91 Å². The van der Waals surface area contributed by atoms with Crippen LogP contribution in [0.15, 0.2) is 17.2 Å². The zero-order valence-corrected chi connectivity index (χ0v) is 16.5. The summed E-state index contributed by atoms with van der Waals surface area (Å²) in [6.07, 6.45) is 8.68. The van der Waals surface area contributed by atoms with Crippen LogP contribution in [-0.2, 0) is 4.79 Å². The Bertz CT molecular complexity index is 696. The van der Waals surface area contributed by atoms with Crippen LogP contribution in [0, 0.1) is 26.7 Å². The lowest BCUT2D eigenvalue weighted by Crippen LogP contribution is -2.52. The van der Waals surface area contributed by atoms with Crippen LogP contribution in [0.1, 0.15) is 44.1 Å². The van der Waals surface area contributed by atoms with Gasteiger partial charge in [0.05, 0.1) is 22.3 Å². The lowest BCUT2D eigenvalue weighted by atomic mass is 9.49. The zero-order chi connectivity index (χ0) is 17.6. The van der Waals surface area contributed by atoms with Crippen LogP contribution in [0.4, 0.5) is 0 Å². The van der Waals surface area contributed by atoms with Gasteiger partial charge in [-0.15, -0.1) is 0 Å². The van der Waals surface area contributed by atoms with Gasteiger partial charge in [0.15, 0.2) is 11.5 Å². The lowest BCUT2D eigenvalue weighted by molar-refractivity contribution is -0.146. The van der Waals surface area contributed by atoms with Crippen LogP contribution in [-0.4, -0.2) is 24.3 Å². The van der Waals surface area contributed by atoms with Gasteiger partial charge in [0.25, 0.3) is 0 Å². The number of nitrogens with one attached hydrogen (secondary N) is 1. The van der Waals surface area contributed by atoms with E-state index in [9.17, 15) is 9.90 Å². The van der Waals surface area contributed by atoms with Crippen LogP contribution in [0.2, 0.25) is 0 Å². The van der Waals surface area contributed by atoms with Gasteiger partial charge in [-0.1, -0.05) is 0 Å². The standard InChI is InChI=1S/C19H23IN2O3/c1-25-16-6-14(5-15(20)17(16)23)10-21-22-18(24)19-7-11-2-12(8-19)4-13(3-11)9-19/h5-6,10-13,23H,2-4,7-9H2,1H3,(H,22,24)/b21-10+. The predicted molar refractivity (Wildman–Crippen MR) is 104 cm³/mol. The highest BCUT2D eigenvalue weighted by atomic mass is 127. The predicted octanol–water partition coefficient (Wildman–Crippen LogP) is 3.67. The van der Waals surface area contributed by atoms with Gasteiger partial charge < -0.3 is 9.84 Å². The largest absolute Gasteiger partial charge is 0.504 e. The highest BCUT2D eigenvalue weighted by molar-refractivity contribution is 14.1. The van der Waals surface area contributed by atoms with E-state index in [1.54, 1.807) is 18.3 Å². The summed E-state index contributed by atoms with van der Waals surface area (Å²) >= 11 is 2.05. The number of hydrogen-bond donors (Lipinski definition) is 2. The van der Waals surface area contributed by atoms with Crippen LogP contribution in [0.25, 0.3) is 0 Å². The Hall–Kier alpha value is -1.31. The van der Waals surface area contributed by atoms with Crippen molar-refractivity contribution in [3.05, 3.63) is 21.3 Å². The van der Waals surface area contributed by atoms with E-state index >= 15 is 0 Å². The molecule has 1 aromatic rings. The van der Waals surface area contributed by atoms with E-state index in [4.69, 9.17) is 4.74 Å². The topological polar surface area (TPSA) is 70.9 Å². The summed E-state index contributed by atoms with van der Waals surface area (Å²) < 4.78 is 5.84. The number of ether oxygens (including phenoxy) is 1. The summed E-state index contributed by atoms with van der Waals surface area (Å²) in [6, 6.07) is 3.51. The number of benzene rings is 1. The normalized spacial score (nSPS) is 33.0. The van der Waals surface area contributed by atoms with Crippen LogP contribution < -0.4 is 10.2 Å². The molecule has 5 nitrogen and oxygen atoms in total. The van der Waals surface area contributed by atoms with Crippen molar-refractivity contribution in [1.29, 1.82) is 0 Å². The van der Waals surface area contributed by atoms with Crippen molar-refractivity contribution >= 4 is 34.7 Å². The SMILES string of the molecule is COc1cc(/C=N/NC(=O)C23CC4CC(CC(C4)C2)C3)cc(I)c1O. The molecule has 134 valence electrons. The van der Waals surface area contributed by atoms with Crippen molar-refractivity contribution in [2.45, 2.75) is 38.5 Å². The summed E-state index contributed by atoms with van der Waals surface area (Å²) in [4.78, 5) is 12.8. The Morgan fingerprint density at radius 2 is 1.88 bits per heavy atom. The number of hydrogen-bond acceptors (Lipinski definition) is 4.